The van der Waals surface area contributed by atoms with Crippen molar-refractivity contribution in [3.05, 3.63) is 0 Å². The summed E-state index contributed by atoms with van der Waals surface area (Å²) in [5.41, 5.74) is 5.55. The van der Waals surface area contributed by atoms with Crippen molar-refractivity contribution >= 4 is 142 Å². The number of rotatable bonds is 55. The molecule has 0 bridgehead atoms. The van der Waals surface area contributed by atoms with Gasteiger partial charge in [-0.15, -0.1) is 0 Å². The maximum atomic E-state index is 13.2. The number of aliphatic hydroxyl groups is 1. The van der Waals surface area contributed by atoms with E-state index in [0.717, 1.165) is 206 Å². The number of likely N-dealkylation sites (N-methyl/N-ethyl adjacent to an activating group) is 1. The molecule has 0 aliphatic rings. The van der Waals surface area contributed by atoms with Gasteiger partial charge in [0.15, 0.2) is 0 Å². The lowest BCUT2D eigenvalue weighted by Gasteiger charge is -2.24. The number of nitrogens with zero attached hydrogens (tertiary/aromatic N) is 4. The summed E-state index contributed by atoms with van der Waals surface area (Å²) in [7, 11) is 6.05. The molecular weight excluding hydrogens is 1070 g/mol. The average Bonchev–Trinajstić information content (AvgIpc) is 3.34. The first-order valence-corrected chi connectivity index (χ1v) is 37.0. The average molecular weight is 1170 g/mol. The summed E-state index contributed by atoms with van der Waals surface area (Å²) in [6.07, 6.45) is 13.2. The number of thiol groups is 1. The molecule has 0 aromatic rings. The Morgan fingerprint density at radius 2 is 0.800 bits per heavy atom. The fourth-order valence-corrected chi connectivity index (χ4v) is 15.5. The van der Waals surface area contributed by atoms with Gasteiger partial charge in [-0.05, 0) is 171 Å². The molecule has 0 aromatic carbocycles. The molecule has 414 valence electrons. The second-order valence-electron chi connectivity index (χ2n) is 17.0. The van der Waals surface area contributed by atoms with Crippen LogP contribution in [0.15, 0.2) is 0 Å². The molecule has 0 rings (SSSR count). The number of aliphatic hydroxyl groups excluding tert-OH is 1. The normalized spacial score (nSPS) is 11.4. The first kappa shape index (κ1) is 71.3. The summed E-state index contributed by atoms with van der Waals surface area (Å²) < 4.78 is 0. The van der Waals surface area contributed by atoms with E-state index >= 15 is 0 Å². The van der Waals surface area contributed by atoms with Crippen molar-refractivity contribution < 1.29 is 24.3 Å². The van der Waals surface area contributed by atoms with Crippen LogP contribution in [0, 0.1) is 0 Å². The number of carbonyl (C=O) groups is 4. The molecule has 0 spiro atoms. The smallest absolute Gasteiger partial charge is 0.223 e. The van der Waals surface area contributed by atoms with Crippen molar-refractivity contribution in [1.82, 2.24) is 24.9 Å². The summed E-state index contributed by atoms with van der Waals surface area (Å²) in [4.78, 5) is 58.5. The molecule has 11 nitrogen and oxygen atoms in total. The van der Waals surface area contributed by atoms with Crippen LogP contribution in [0.3, 0.4) is 0 Å². The van der Waals surface area contributed by atoms with Crippen molar-refractivity contribution in [2.75, 3.05) is 189 Å². The van der Waals surface area contributed by atoms with Crippen LogP contribution >= 0.6 is 118 Å². The van der Waals surface area contributed by atoms with E-state index < -0.39 is 0 Å². The molecular formula is C49H98N6O5S10. The van der Waals surface area contributed by atoms with Crippen LogP contribution in [0.25, 0.3) is 0 Å². The summed E-state index contributed by atoms with van der Waals surface area (Å²) in [5.74, 6) is 20.6. The largest absolute Gasteiger partial charge is 0.395 e. The Morgan fingerprint density at radius 3 is 1.24 bits per heavy atom. The van der Waals surface area contributed by atoms with Gasteiger partial charge in [0.25, 0.3) is 0 Å². The van der Waals surface area contributed by atoms with Gasteiger partial charge in [-0.2, -0.15) is 118 Å². The second kappa shape index (κ2) is 56.5. The van der Waals surface area contributed by atoms with Gasteiger partial charge >= 0.3 is 0 Å². The minimum atomic E-state index is 0.0103. The van der Waals surface area contributed by atoms with Crippen LogP contribution < -0.4 is 11.1 Å². The minimum Gasteiger partial charge on any atom is -0.395 e. The molecule has 0 aromatic heterocycles. The monoisotopic (exact) mass is 1170 g/mol. The van der Waals surface area contributed by atoms with Crippen molar-refractivity contribution in [3.8, 4) is 0 Å². The molecule has 0 saturated carbocycles. The molecule has 4 N–H and O–H groups in total. The Bertz CT molecular complexity index is 1210. The highest BCUT2D eigenvalue weighted by molar-refractivity contribution is 8.01. The molecule has 0 aliphatic heterocycles. The topological polar surface area (TPSA) is 140 Å². The number of nitrogens with two attached hydrogens (primary N) is 1. The summed E-state index contributed by atoms with van der Waals surface area (Å²) in [5, 5.41) is 12.6. The summed E-state index contributed by atoms with van der Waals surface area (Å²) in [6, 6.07) is 0. The summed E-state index contributed by atoms with van der Waals surface area (Å²) in [6.45, 7) is 5.97. The number of hydrogen-bond donors (Lipinski definition) is 4. The Morgan fingerprint density at radius 1 is 0.429 bits per heavy atom. The predicted octanol–water partition coefficient (Wildman–Crippen LogP) is 8.72. The lowest BCUT2D eigenvalue weighted by atomic mass is 10.3. The fourth-order valence-electron chi connectivity index (χ4n) is 6.37. The third-order valence-corrected chi connectivity index (χ3v) is 20.8. The van der Waals surface area contributed by atoms with Gasteiger partial charge in [-0.3, -0.25) is 19.2 Å². The van der Waals surface area contributed by atoms with E-state index in [-0.39, 0.29) is 30.2 Å². The Balaban J connectivity index is 3.84. The molecule has 0 saturated heterocycles. The van der Waals surface area contributed by atoms with E-state index in [9.17, 15) is 24.3 Å². The first-order chi connectivity index (χ1) is 34.2. The van der Waals surface area contributed by atoms with Crippen LogP contribution in [0.4, 0.5) is 0 Å². The molecule has 0 heterocycles. The molecule has 0 unspecified atom stereocenters. The molecule has 21 heteroatoms. The Kier molecular flexibility index (Phi) is 57.5. The second-order valence-corrected chi connectivity index (χ2v) is 28.5. The van der Waals surface area contributed by atoms with Gasteiger partial charge in [0, 0.05) is 102 Å². The van der Waals surface area contributed by atoms with Crippen LogP contribution in [0.5, 0.6) is 0 Å². The van der Waals surface area contributed by atoms with Crippen molar-refractivity contribution in [3.63, 3.8) is 0 Å². The number of carbonyl (C=O) groups excluding carboxylic acids is 4. The first-order valence-electron chi connectivity index (χ1n) is 26.0. The van der Waals surface area contributed by atoms with Crippen LogP contribution in [-0.4, -0.2) is 238 Å². The zero-order valence-electron chi connectivity index (χ0n) is 43.8. The van der Waals surface area contributed by atoms with Gasteiger partial charge in [0.1, 0.15) is 0 Å². The molecule has 0 atom stereocenters. The van der Waals surface area contributed by atoms with Gasteiger partial charge in [-0.25, -0.2) is 0 Å². The Labute approximate surface area is 472 Å². The van der Waals surface area contributed by atoms with Gasteiger partial charge in [0.05, 0.1) is 6.61 Å². The highest BCUT2D eigenvalue weighted by atomic mass is 32.2. The van der Waals surface area contributed by atoms with Gasteiger partial charge < -0.3 is 35.8 Å². The van der Waals surface area contributed by atoms with E-state index in [4.69, 9.17) is 5.73 Å². The number of amides is 4. The van der Waals surface area contributed by atoms with Crippen LogP contribution in [-0.2, 0) is 19.2 Å². The molecule has 0 radical (unpaired) electrons. The molecule has 4 amide bonds. The van der Waals surface area contributed by atoms with E-state index in [1.54, 1.807) is 0 Å². The SMILES string of the molecule is CN(C)CCN(CCCSCCCSCCC(=O)NCCCSCCCSCCC(=O)N(C)CCCSCCCS)C(=O)CCSCCCSCCCN(CCO)C(=O)CCSCCCSCCCN. The van der Waals surface area contributed by atoms with Crippen LogP contribution in [0.1, 0.15) is 89.9 Å². The highest BCUT2D eigenvalue weighted by Crippen LogP contribution is 2.16. The van der Waals surface area contributed by atoms with Crippen molar-refractivity contribution in [2.24, 2.45) is 5.73 Å². The maximum absolute atomic E-state index is 13.2. The fraction of sp³-hybridized carbons (Fsp3) is 0.918. The standard InChI is InChI=1S/C49H98N6O5S10/c1-52(2)23-24-54(48(59)16-44-69-41-13-37-66-32-8-22-55(25-26-56)49(60)17-45-70-40-10-34-62-28-4-18-50)21-7-31-65-36-12-38-67-42-14-46(57)51-19-5-29-63-35-11-39-68-43-15-47(58)53(3)20-6-30-64-33-9-27-61/h56,61H,4-45,50H2,1-3H3,(H,51,57). The van der Waals surface area contributed by atoms with Crippen LogP contribution in [0.2, 0.25) is 0 Å². The zero-order valence-corrected chi connectivity index (χ0v) is 52.0. The maximum Gasteiger partial charge on any atom is 0.223 e. The molecule has 70 heavy (non-hydrogen) atoms. The predicted molar refractivity (Wildman–Crippen MR) is 333 cm³/mol. The lowest BCUT2D eigenvalue weighted by Crippen LogP contribution is -2.37. The zero-order chi connectivity index (χ0) is 51.4. The van der Waals surface area contributed by atoms with E-state index in [1.807, 2.05) is 123 Å². The quantitative estimate of drug-likeness (QED) is 0.0341. The Hall–Kier alpha value is 1.26. The van der Waals surface area contributed by atoms with Crippen molar-refractivity contribution in [1.29, 1.82) is 0 Å². The third-order valence-electron chi connectivity index (χ3n) is 10.4. The third kappa shape index (κ3) is 50.1. The number of hydrogen-bond acceptors (Lipinski definition) is 17. The van der Waals surface area contributed by atoms with E-state index in [1.165, 1.54) is 6.42 Å². The number of thioether (sulfide) groups is 9. The summed E-state index contributed by atoms with van der Waals surface area (Å²) >= 11 is 21.5. The van der Waals surface area contributed by atoms with E-state index in [0.29, 0.717) is 38.8 Å². The number of nitrogens with one attached hydrogen (secondary N) is 1. The van der Waals surface area contributed by atoms with Gasteiger partial charge in [0.2, 0.25) is 23.6 Å². The van der Waals surface area contributed by atoms with Gasteiger partial charge in [-0.1, -0.05) is 0 Å². The van der Waals surface area contributed by atoms with Crippen molar-refractivity contribution in [2.45, 2.75) is 89.9 Å². The minimum absolute atomic E-state index is 0.0103. The molecule has 0 fully saturated rings. The molecule has 0 aliphatic carbocycles. The highest BCUT2D eigenvalue weighted by Gasteiger charge is 2.15. The van der Waals surface area contributed by atoms with E-state index in [2.05, 4.69) is 41.8 Å². The lowest BCUT2D eigenvalue weighted by molar-refractivity contribution is -0.131.